The lowest BCUT2D eigenvalue weighted by atomic mass is 10.3. The fourth-order valence-electron chi connectivity index (χ4n) is 1.52. The van der Waals surface area contributed by atoms with Crippen LogP contribution in [0.3, 0.4) is 0 Å². The maximum atomic E-state index is 5.57. The monoisotopic (exact) mass is 370 g/mol. The molecule has 0 N–H and O–H groups in total. The first-order chi connectivity index (χ1) is 9.28. The maximum Gasteiger partial charge on any atom is 0.122 e. The van der Waals surface area contributed by atoms with Gasteiger partial charge in [0.2, 0.25) is 0 Å². The summed E-state index contributed by atoms with van der Waals surface area (Å²) in [6, 6.07) is 15.4. The van der Waals surface area contributed by atoms with Crippen molar-refractivity contribution in [2.24, 2.45) is 0 Å². The van der Waals surface area contributed by atoms with E-state index in [-0.39, 0.29) is 0 Å². The van der Waals surface area contributed by atoms with Crippen LogP contribution >= 0.6 is 22.6 Å². The molecule has 0 saturated carbocycles. The molecule has 2 aromatic carbocycles. The van der Waals surface area contributed by atoms with Gasteiger partial charge in [0.25, 0.3) is 0 Å². The van der Waals surface area contributed by atoms with Gasteiger partial charge >= 0.3 is 0 Å². The summed E-state index contributed by atoms with van der Waals surface area (Å²) in [5.74, 6) is 2.49. The lowest BCUT2D eigenvalue weighted by molar-refractivity contribution is 0.217. The molecule has 0 atom stereocenters. The van der Waals surface area contributed by atoms with Gasteiger partial charge in [0.15, 0.2) is 0 Å². The zero-order valence-electron chi connectivity index (χ0n) is 10.6. The third-order valence-corrected chi connectivity index (χ3v) is 3.21. The molecule has 4 heteroatoms. The average molecular weight is 370 g/mol. The summed E-state index contributed by atoms with van der Waals surface area (Å²) in [5, 5.41) is 0. The molecule has 0 aromatic heterocycles. The van der Waals surface area contributed by atoms with Crippen molar-refractivity contribution in [3.05, 3.63) is 52.1 Å². The third kappa shape index (κ3) is 4.63. The average Bonchev–Trinajstić information content (AvgIpc) is 2.46. The normalized spacial score (nSPS) is 10.0. The second kappa shape index (κ2) is 7.23. The molecule has 2 aromatic rings. The van der Waals surface area contributed by atoms with E-state index < -0.39 is 0 Å². The molecule has 0 unspecified atom stereocenters. The van der Waals surface area contributed by atoms with Crippen molar-refractivity contribution >= 4 is 22.6 Å². The molecule has 0 aliphatic carbocycles. The van der Waals surface area contributed by atoms with Crippen LogP contribution in [0.25, 0.3) is 0 Å². The van der Waals surface area contributed by atoms with E-state index in [0.29, 0.717) is 13.2 Å². The lowest BCUT2D eigenvalue weighted by Crippen LogP contribution is -2.08. The molecule has 0 bridgehead atoms. The fourth-order valence-corrected chi connectivity index (χ4v) is 1.88. The summed E-state index contributed by atoms with van der Waals surface area (Å²) >= 11 is 2.26. The van der Waals surface area contributed by atoms with Gasteiger partial charge in [0, 0.05) is 3.57 Å². The van der Waals surface area contributed by atoms with Crippen molar-refractivity contribution in [3.8, 4) is 17.2 Å². The Kier molecular flexibility index (Phi) is 5.32. The van der Waals surface area contributed by atoms with E-state index >= 15 is 0 Å². The number of hydrogen-bond acceptors (Lipinski definition) is 3. The second-order valence-electron chi connectivity index (χ2n) is 3.83. The molecule has 0 amide bonds. The van der Waals surface area contributed by atoms with Crippen LogP contribution in [-0.2, 0) is 0 Å². The van der Waals surface area contributed by atoms with E-state index in [9.17, 15) is 0 Å². The van der Waals surface area contributed by atoms with Crippen molar-refractivity contribution in [1.82, 2.24) is 0 Å². The molecule has 19 heavy (non-hydrogen) atoms. The van der Waals surface area contributed by atoms with Gasteiger partial charge in [0.1, 0.15) is 30.5 Å². The van der Waals surface area contributed by atoms with Gasteiger partial charge < -0.3 is 14.2 Å². The van der Waals surface area contributed by atoms with Crippen molar-refractivity contribution in [2.45, 2.75) is 0 Å². The predicted octanol–water partition coefficient (Wildman–Crippen LogP) is 3.76. The molecule has 0 aliphatic rings. The molecule has 0 radical (unpaired) electrons. The summed E-state index contributed by atoms with van der Waals surface area (Å²) in [7, 11) is 1.64. The molecule has 0 saturated heterocycles. The Bertz CT molecular complexity index is 494. The molecule has 0 aliphatic heterocycles. The van der Waals surface area contributed by atoms with Gasteiger partial charge in [-0.15, -0.1) is 0 Å². The van der Waals surface area contributed by atoms with Crippen LogP contribution < -0.4 is 14.2 Å². The number of ether oxygens (including phenoxy) is 3. The molecule has 0 spiro atoms. The molecule has 100 valence electrons. The maximum absolute atomic E-state index is 5.57. The highest BCUT2D eigenvalue weighted by Gasteiger charge is 1.97. The van der Waals surface area contributed by atoms with E-state index in [1.807, 2.05) is 48.5 Å². The van der Waals surface area contributed by atoms with Crippen LogP contribution in [0.2, 0.25) is 0 Å². The molecule has 0 fully saturated rings. The van der Waals surface area contributed by atoms with E-state index in [0.717, 1.165) is 17.2 Å². The van der Waals surface area contributed by atoms with Gasteiger partial charge in [-0.25, -0.2) is 0 Å². The molecular formula is C15H15IO3. The van der Waals surface area contributed by atoms with Crippen LogP contribution in [0, 0.1) is 3.57 Å². The number of benzene rings is 2. The Labute approximate surface area is 126 Å². The Balaban J connectivity index is 1.72. The Morgan fingerprint density at radius 3 is 1.63 bits per heavy atom. The largest absolute Gasteiger partial charge is 0.497 e. The second-order valence-corrected chi connectivity index (χ2v) is 5.07. The van der Waals surface area contributed by atoms with Crippen molar-refractivity contribution in [2.75, 3.05) is 20.3 Å². The van der Waals surface area contributed by atoms with Crippen molar-refractivity contribution in [3.63, 3.8) is 0 Å². The van der Waals surface area contributed by atoms with Gasteiger partial charge in [-0.3, -0.25) is 0 Å². The van der Waals surface area contributed by atoms with E-state index in [1.165, 1.54) is 3.57 Å². The zero-order chi connectivity index (χ0) is 13.5. The minimum atomic E-state index is 0.512. The van der Waals surface area contributed by atoms with Crippen molar-refractivity contribution < 1.29 is 14.2 Å². The highest BCUT2D eigenvalue weighted by atomic mass is 127. The smallest absolute Gasteiger partial charge is 0.122 e. The first-order valence-electron chi connectivity index (χ1n) is 5.93. The van der Waals surface area contributed by atoms with Crippen LogP contribution in [-0.4, -0.2) is 20.3 Å². The highest BCUT2D eigenvalue weighted by Crippen LogP contribution is 2.17. The molecular weight excluding hydrogens is 355 g/mol. The van der Waals surface area contributed by atoms with Crippen molar-refractivity contribution in [1.29, 1.82) is 0 Å². The van der Waals surface area contributed by atoms with Crippen LogP contribution in [0.1, 0.15) is 0 Å². The first-order valence-corrected chi connectivity index (χ1v) is 7.01. The number of rotatable bonds is 6. The van der Waals surface area contributed by atoms with Crippen LogP contribution in [0.15, 0.2) is 48.5 Å². The fraction of sp³-hybridized carbons (Fsp3) is 0.200. The predicted molar refractivity (Wildman–Crippen MR) is 83.1 cm³/mol. The molecule has 0 heterocycles. The lowest BCUT2D eigenvalue weighted by Gasteiger charge is -2.08. The minimum Gasteiger partial charge on any atom is -0.497 e. The summed E-state index contributed by atoms with van der Waals surface area (Å²) in [6.07, 6.45) is 0. The third-order valence-electron chi connectivity index (χ3n) is 2.49. The Morgan fingerprint density at radius 2 is 1.16 bits per heavy atom. The van der Waals surface area contributed by atoms with E-state index in [2.05, 4.69) is 22.6 Å². The summed E-state index contributed by atoms with van der Waals surface area (Å²) in [4.78, 5) is 0. The summed E-state index contributed by atoms with van der Waals surface area (Å²) in [5.41, 5.74) is 0. The first kappa shape index (κ1) is 14.0. The number of hydrogen-bond donors (Lipinski definition) is 0. The van der Waals surface area contributed by atoms with Gasteiger partial charge in [-0.1, -0.05) is 0 Å². The van der Waals surface area contributed by atoms with E-state index in [1.54, 1.807) is 7.11 Å². The van der Waals surface area contributed by atoms with Crippen LogP contribution in [0.4, 0.5) is 0 Å². The Morgan fingerprint density at radius 1 is 0.737 bits per heavy atom. The van der Waals surface area contributed by atoms with Gasteiger partial charge in [-0.05, 0) is 71.1 Å². The van der Waals surface area contributed by atoms with E-state index in [4.69, 9.17) is 14.2 Å². The number of methoxy groups -OCH3 is 1. The summed E-state index contributed by atoms with van der Waals surface area (Å²) in [6.45, 7) is 1.03. The quantitative estimate of drug-likeness (QED) is 0.573. The highest BCUT2D eigenvalue weighted by molar-refractivity contribution is 14.1. The molecule has 2 rings (SSSR count). The minimum absolute atomic E-state index is 0.512. The summed E-state index contributed by atoms with van der Waals surface area (Å²) < 4.78 is 17.4. The van der Waals surface area contributed by atoms with Gasteiger partial charge in [-0.2, -0.15) is 0 Å². The Hall–Kier alpha value is -1.43. The SMILES string of the molecule is COc1ccc(OCCOc2ccc(I)cc2)cc1. The number of halogens is 1. The molecule has 3 nitrogen and oxygen atoms in total. The van der Waals surface area contributed by atoms with Crippen LogP contribution in [0.5, 0.6) is 17.2 Å². The zero-order valence-corrected chi connectivity index (χ0v) is 12.8. The standard InChI is InChI=1S/C15H15IO3/c1-17-13-6-8-15(9-7-13)19-11-10-18-14-4-2-12(16)3-5-14/h2-9H,10-11H2,1H3. The van der Waals surface area contributed by atoms with Gasteiger partial charge in [0.05, 0.1) is 7.11 Å². The topological polar surface area (TPSA) is 27.7 Å².